The normalized spacial score (nSPS) is 10.2. The molecular formula is C19H18N4O. The molecule has 0 aliphatic rings. The third-order valence-corrected chi connectivity index (χ3v) is 3.61. The lowest BCUT2D eigenvalue weighted by molar-refractivity contribution is 0.102. The highest BCUT2D eigenvalue weighted by Gasteiger charge is 2.09. The zero-order valence-corrected chi connectivity index (χ0v) is 13.4. The summed E-state index contributed by atoms with van der Waals surface area (Å²) >= 11 is 0. The summed E-state index contributed by atoms with van der Waals surface area (Å²) < 4.78 is 0. The van der Waals surface area contributed by atoms with Crippen molar-refractivity contribution in [2.45, 2.75) is 13.5 Å². The molecule has 0 saturated carbocycles. The van der Waals surface area contributed by atoms with Crippen LogP contribution in [-0.4, -0.2) is 15.9 Å². The molecule has 2 N–H and O–H groups in total. The van der Waals surface area contributed by atoms with Crippen molar-refractivity contribution in [1.29, 1.82) is 0 Å². The number of nitrogens with zero attached hydrogens (tertiary/aromatic N) is 2. The first-order valence-electron chi connectivity index (χ1n) is 7.68. The number of anilines is 2. The molecule has 0 atom stereocenters. The summed E-state index contributed by atoms with van der Waals surface area (Å²) in [6.07, 6.45) is 5.17. The van der Waals surface area contributed by atoms with Gasteiger partial charge in [0.1, 0.15) is 5.69 Å². The quantitative estimate of drug-likeness (QED) is 0.753. The number of pyridine rings is 2. The Balaban J connectivity index is 1.68. The molecule has 3 aromatic rings. The van der Waals surface area contributed by atoms with Crippen LogP contribution in [-0.2, 0) is 6.54 Å². The molecule has 2 heterocycles. The Kier molecular flexibility index (Phi) is 4.81. The van der Waals surface area contributed by atoms with Crippen molar-refractivity contribution in [3.05, 3.63) is 83.9 Å². The average Bonchev–Trinajstić information content (AvgIpc) is 2.63. The second-order valence-electron chi connectivity index (χ2n) is 5.41. The van der Waals surface area contributed by atoms with Crippen LogP contribution in [0.3, 0.4) is 0 Å². The lowest BCUT2D eigenvalue weighted by Gasteiger charge is -2.10. The molecular weight excluding hydrogens is 300 g/mol. The van der Waals surface area contributed by atoms with Crippen LogP contribution in [0, 0.1) is 6.92 Å². The molecule has 0 radical (unpaired) electrons. The first-order valence-corrected chi connectivity index (χ1v) is 7.68. The Bertz CT molecular complexity index is 834. The third kappa shape index (κ3) is 3.95. The highest BCUT2D eigenvalue weighted by molar-refractivity contribution is 6.03. The van der Waals surface area contributed by atoms with Crippen LogP contribution in [0.4, 0.5) is 11.4 Å². The van der Waals surface area contributed by atoms with Crippen LogP contribution in [0.5, 0.6) is 0 Å². The standard InChI is InChI=1S/C19H18N4O/c1-14-5-2-3-7-17(14)23-19(24)18-11-16(8-10-21-18)22-13-15-6-4-9-20-12-15/h2-12H,13H2,1H3,(H,21,22)(H,23,24). The second kappa shape index (κ2) is 7.37. The van der Waals surface area contributed by atoms with Gasteiger partial charge in [-0.05, 0) is 42.3 Å². The number of para-hydroxylation sites is 1. The molecule has 1 aromatic carbocycles. The van der Waals surface area contributed by atoms with Gasteiger partial charge in [0.25, 0.3) is 5.91 Å². The maximum atomic E-state index is 12.4. The van der Waals surface area contributed by atoms with Crippen molar-refractivity contribution in [3.8, 4) is 0 Å². The van der Waals surface area contributed by atoms with Crippen molar-refractivity contribution in [1.82, 2.24) is 9.97 Å². The van der Waals surface area contributed by atoms with E-state index in [0.29, 0.717) is 12.2 Å². The van der Waals surface area contributed by atoms with E-state index in [2.05, 4.69) is 20.6 Å². The van der Waals surface area contributed by atoms with Gasteiger partial charge < -0.3 is 10.6 Å². The maximum absolute atomic E-state index is 12.4. The van der Waals surface area contributed by atoms with E-state index >= 15 is 0 Å². The highest BCUT2D eigenvalue weighted by atomic mass is 16.1. The molecule has 0 spiro atoms. The van der Waals surface area contributed by atoms with E-state index in [1.807, 2.05) is 49.4 Å². The number of carbonyl (C=O) groups excluding carboxylic acids is 1. The van der Waals surface area contributed by atoms with E-state index in [-0.39, 0.29) is 5.91 Å². The maximum Gasteiger partial charge on any atom is 0.274 e. The Morgan fingerprint density at radius 3 is 2.75 bits per heavy atom. The van der Waals surface area contributed by atoms with E-state index in [1.165, 1.54) is 0 Å². The number of carbonyl (C=O) groups is 1. The van der Waals surface area contributed by atoms with Gasteiger partial charge in [-0.25, -0.2) is 0 Å². The van der Waals surface area contributed by atoms with Crippen LogP contribution >= 0.6 is 0 Å². The summed E-state index contributed by atoms with van der Waals surface area (Å²) in [5.41, 5.74) is 4.08. The molecule has 120 valence electrons. The molecule has 0 fully saturated rings. The average molecular weight is 318 g/mol. The van der Waals surface area contributed by atoms with Crippen molar-refractivity contribution in [2.24, 2.45) is 0 Å². The summed E-state index contributed by atoms with van der Waals surface area (Å²) in [5.74, 6) is -0.227. The molecule has 0 bridgehead atoms. The number of hydrogen-bond donors (Lipinski definition) is 2. The summed E-state index contributed by atoms with van der Waals surface area (Å²) in [6.45, 7) is 2.59. The first-order chi connectivity index (χ1) is 11.7. The molecule has 1 amide bonds. The van der Waals surface area contributed by atoms with Gasteiger partial charge in [0, 0.05) is 36.5 Å². The van der Waals surface area contributed by atoms with E-state index < -0.39 is 0 Å². The topological polar surface area (TPSA) is 66.9 Å². The molecule has 0 unspecified atom stereocenters. The lowest BCUT2D eigenvalue weighted by Crippen LogP contribution is -2.14. The van der Waals surface area contributed by atoms with Gasteiger partial charge in [0.2, 0.25) is 0 Å². The number of aryl methyl sites for hydroxylation is 1. The fraction of sp³-hybridized carbons (Fsp3) is 0.105. The van der Waals surface area contributed by atoms with Gasteiger partial charge in [-0.2, -0.15) is 0 Å². The Morgan fingerprint density at radius 2 is 1.96 bits per heavy atom. The summed E-state index contributed by atoms with van der Waals surface area (Å²) in [5, 5.41) is 6.16. The van der Waals surface area contributed by atoms with Gasteiger partial charge in [0.05, 0.1) is 0 Å². The lowest BCUT2D eigenvalue weighted by atomic mass is 10.2. The molecule has 0 aliphatic carbocycles. The largest absolute Gasteiger partial charge is 0.381 e. The summed E-state index contributed by atoms with van der Waals surface area (Å²) in [4.78, 5) is 20.6. The predicted octanol–water partition coefficient (Wildman–Crippen LogP) is 3.65. The van der Waals surface area contributed by atoms with Gasteiger partial charge in [-0.1, -0.05) is 24.3 Å². The van der Waals surface area contributed by atoms with Crippen molar-refractivity contribution in [3.63, 3.8) is 0 Å². The second-order valence-corrected chi connectivity index (χ2v) is 5.41. The van der Waals surface area contributed by atoms with Crippen LogP contribution in [0.25, 0.3) is 0 Å². The fourth-order valence-electron chi connectivity index (χ4n) is 2.27. The van der Waals surface area contributed by atoms with Gasteiger partial charge in [0.15, 0.2) is 0 Å². The zero-order chi connectivity index (χ0) is 16.8. The number of rotatable bonds is 5. The van der Waals surface area contributed by atoms with Crippen LogP contribution < -0.4 is 10.6 Å². The van der Waals surface area contributed by atoms with E-state index in [0.717, 1.165) is 22.5 Å². The molecule has 2 aromatic heterocycles. The third-order valence-electron chi connectivity index (χ3n) is 3.61. The van der Waals surface area contributed by atoms with Crippen LogP contribution in [0.1, 0.15) is 21.6 Å². The smallest absolute Gasteiger partial charge is 0.274 e. The Labute approximate surface area is 140 Å². The SMILES string of the molecule is Cc1ccccc1NC(=O)c1cc(NCc2cccnc2)ccn1. The van der Waals surface area contributed by atoms with Gasteiger partial charge in [-0.15, -0.1) is 0 Å². The number of hydrogen-bond acceptors (Lipinski definition) is 4. The molecule has 5 heteroatoms. The minimum atomic E-state index is -0.227. The molecule has 3 rings (SSSR count). The monoisotopic (exact) mass is 318 g/mol. The fourth-order valence-corrected chi connectivity index (χ4v) is 2.27. The minimum Gasteiger partial charge on any atom is -0.381 e. The van der Waals surface area contributed by atoms with Crippen LogP contribution in [0.15, 0.2) is 67.1 Å². The van der Waals surface area contributed by atoms with Crippen molar-refractivity contribution >= 4 is 17.3 Å². The summed E-state index contributed by atoms with van der Waals surface area (Å²) in [6, 6.07) is 15.1. The summed E-state index contributed by atoms with van der Waals surface area (Å²) in [7, 11) is 0. The van der Waals surface area contributed by atoms with E-state index in [4.69, 9.17) is 0 Å². The highest BCUT2D eigenvalue weighted by Crippen LogP contribution is 2.15. The number of amides is 1. The number of benzene rings is 1. The zero-order valence-electron chi connectivity index (χ0n) is 13.4. The van der Waals surface area contributed by atoms with Gasteiger partial charge in [-0.3, -0.25) is 14.8 Å². The molecule has 24 heavy (non-hydrogen) atoms. The number of aromatic nitrogens is 2. The Hall–Kier alpha value is -3.21. The van der Waals surface area contributed by atoms with Gasteiger partial charge >= 0.3 is 0 Å². The predicted molar refractivity (Wildman–Crippen MR) is 94.9 cm³/mol. The van der Waals surface area contributed by atoms with E-state index in [9.17, 15) is 4.79 Å². The molecule has 0 aliphatic heterocycles. The minimum absolute atomic E-state index is 0.227. The first kappa shape index (κ1) is 15.7. The van der Waals surface area contributed by atoms with Crippen molar-refractivity contribution in [2.75, 3.05) is 10.6 Å². The van der Waals surface area contributed by atoms with E-state index in [1.54, 1.807) is 24.7 Å². The van der Waals surface area contributed by atoms with Crippen LogP contribution in [0.2, 0.25) is 0 Å². The molecule has 0 saturated heterocycles. The Morgan fingerprint density at radius 1 is 1.08 bits per heavy atom. The number of nitrogens with one attached hydrogen (secondary N) is 2. The molecule has 5 nitrogen and oxygen atoms in total. The van der Waals surface area contributed by atoms with Crippen molar-refractivity contribution < 1.29 is 4.79 Å².